The van der Waals surface area contributed by atoms with Gasteiger partial charge in [-0.1, -0.05) is 23.2 Å². The first-order valence-electron chi connectivity index (χ1n) is 8.02. The predicted octanol–water partition coefficient (Wildman–Crippen LogP) is 3.36. The second kappa shape index (κ2) is 7.45. The molecule has 1 atom stereocenters. The SMILES string of the molecule is Cn1nccc1C(=O)N1CCCC[C@@H]1C(=O)Nc1ccc(Cl)cc1Cl. The van der Waals surface area contributed by atoms with Crippen LogP contribution in [0.25, 0.3) is 0 Å². The Morgan fingerprint density at radius 1 is 1.24 bits per heavy atom. The second-order valence-corrected chi connectivity index (χ2v) is 6.81. The highest BCUT2D eigenvalue weighted by Crippen LogP contribution is 2.27. The number of likely N-dealkylation sites (tertiary alicyclic amines) is 1. The van der Waals surface area contributed by atoms with Crippen molar-refractivity contribution in [3.05, 3.63) is 46.2 Å². The summed E-state index contributed by atoms with van der Waals surface area (Å²) >= 11 is 12.0. The molecule has 1 aliphatic heterocycles. The molecule has 8 heteroatoms. The number of aromatic nitrogens is 2. The zero-order valence-corrected chi connectivity index (χ0v) is 15.2. The number of carbonyl (C=O) groups is 2. The fourth-order valence-corrected chi connectivity index (χ4v) is 3.44. The maximum atomic E-state index is 12.8. The van der Waals surface area contributed by atoms with Gasteiger partial charge in [0.25, 0.3) is 5.91 Å². The highest BCUT2D eigenvalue weighted by Gasteiger charge is 2.33. The van der Waals surface area contributed by atoms with Crippen LogP contribution in [0.3, 0.4) is 0 Å². The van der Waals surface area contributed by atoms with Gasteiger partial charge >= 0.3 is 0 Å². The standard InChI is InChI=1S/C17H18Cl2N4O2/c1-22-15(7-8-20-22)17(25)23-9-3-2-4-14(23)16(24)21-13-6-5-11(18)10-12(13)19/h5-8,10,14H,2-4,9H2,1H3,(H,21,24)/t14-/m1/s1. The lowest BCUT2D eigenvalue weighted by atomic mass is 10.0. The van der Waals surface area contributed by atoms with Crippen molar-refractivity contribution in [1.82, 2.24) is 14.7 Å². The Morgan fingerprint density at radius 2 is 2.04 bits per heavy atom. The van der Waals surface area contributed by atoms with Crippen LogP contribution in [0, 0.1) is 0 Å². The molecule has 1 N–H and O–H groups in total. The van der Waals surface area contributed by atoms with E-state index in [9.17, 15) is 9.59 Å². The number of halogens is 2. The average Bonchev–Trinajstić information content (AvgIpc) is 3.02. The molecule has 0 spiro atoms. The predicted molar refractivity (Wildman–Crippen MR) is 97.0 cm³/mol. The fourth-order valence-electron chi connectivity index (χ4n) is 2.98. The van der Waals surface area contributed by atoms with Crippen molar-refractivity contribution in [3.63, 3.8) is 0 Å². The van der Waals surface area contributed by atoms with E-state index in [0.717, 1.165) is 12.8 Å². The first kappa shape index (κ1) is 17.8. The molecule has 0 radical (unpaired) electrons. The lowest BCUT2D eigenvalue weighted by molar-refractivity contribution is -0.121. The molecule has 0 aliphatic carbocycles. The van der Waals surface area contributed by atoms with E-state index >= 15 is 0 Å². The number of aryl methyl sites for hydroxylation is 1. The van der Waals surface area contributed by atoms with E-state index in [0.29, 0.717) is 34.4 Å². The van der Waals surface area contributed by atoms with Crippen LogP contribution >= 0.6 is 23.2 Å². The summed E-state index contributed by atoms with van der Waals surface area (Å²) in [5.41, 5.74) is 0.943. The summed E-state index contributed by atoms with van der Waals surface area (Å²) in [4.78, 5) is 27.2. The van der Waals surface area contributed by atoms with E-state index in [2.05, 4.69) is 10.4 Å². The van der Waals surface area contributed by atoms with Gasteiger partial charge in [0.1, 0.15) is 11.7 Å². The maximum Gasteiger partial charge on any atom is 0.272 e. The lowest BCUT2D eigenvalue weighted by Crippen LogP contribution is -2.50. The number of hydrogen-bond acceptors (Lipinski definition) is 3. The number of benzene rings is 1. The second-order valence-electron chi connectivity index (χ2n) is 5.96. The van der Waals surface area contributed by atoms with Crippen molar-refractivity contribution >= 4 is 40.7 Å². The zero-order chi connectivity index (χ0) is 18.0. The van der Waals surface area contributed by atoms with Gasteiger partial charge in [0.05, 0.1) is 10.7 Å². The molecule has 2 aromatic rings. The average molecular weight is 381 g/mol. The van der Waals surface area contributed by atoms with E-state index in [-0.39, 0.29) is 11.8 Å². The number of carbonyl (C=O) groups excluding carboxylic acids is 2. The molecule has 25 heavy (non-hydrogen) atoms. The van der Waals surface area contributed by atoms with Crippen molar-refractivity contribution < 1.29 is 9.59 Å². The summed E-state index contributed by atoms with van der Waals surface area (Å²) < 4.78 is 1.52. The molecule has 1 aromatic heterocycles. The minimum atomic E-state index is -0.539. The molecule has 132 valence electrons. The van der Waals surface area contributed by atoms with Crippen molar-refractivity contribution in [3.8, 4) is 0 Å². The van der Waals surface area contributed by atoms with Crippen LogP contribution < -0.4 is 5.32 Å². The third-order valence-electron chi connectivity index (χ3n) is 4.30. The van der Waals surface area contributed by atoms with Crippen LogP contribution in [-0.2, 0) is 11.8 Å². The van der Waals surface area contributed by atoms with Crippen molar-refractivity contribution in [2.45, 2.75) is 25.3 Å². The Kier molecular flexibility index (Phi) is 5.30. The monoisotopic (exact) mass is 380 g/mol. The van der Waals surface area contributed by atoms with E-state index in [1.807, 2.05) is 0 Å². The first-order valence-corrected chi connectivity index (χ1v) is 8.78. The molecule has 6 nitrogen and oxygen atoms in total. The molecule has 2 heterocycles. The molecule has 2 amide bonds. The molecule has 0 unspecified atom stereocenters. The molecule has 1 aliphatic rings. The largest absolute Gasteiger partial charge is 0.325 e. The minimum Gasteiger partial charge on any atom is -0.325 e. The Hall–Kier alpha value is -2.05. The van der Waals surface area contributed by atoms with Crippen LogP contribution in [0.15, 0.2) is 30.5 Å². The zero-order valence-electron chi connectivity index (χ0n) is 13.7. The normalized spacial score (nSPS) is 17.4. The fraction of sp³-hybridized carbons (Fsp3) is 0.353. The third-order valence-corrected chi connectivity index (χ3v) is 4.84. The quantitative estimate of drug-likeness (QED) is 0.887. The van der Waals surface area contributed by atoms with Gasteiger partial charge in [-0.05, 0) is 43.5 Å². The van der Waals surface area contributed by atoms with Crippen LogP contribution in [0.2, 0.25) is 10.0 Å². The van der Waals surface area contributed by atoms with E-state index < -0.39 is 6.04 Å². The Morgan fingerprint density at radius 3 is 2.72 bits per heavy atom. The number of anilines is 1. The van der Waals surface area contributed by atoms with Gasteiger partial charge in [-0.2, -0.15) is 5.10 Å². The van der Waals surface area contributed by atoms with Gasteiger partial charge in [0.2, 0.25) is 5.91 Å². The minimum absolute atomic E-state index is 0.193. The maximum absolute atomic E-state index is 12.8. The van der Waals surface area contributed by atoms with Crippen LogP contribution in [0.1, 0.15) is 29.8 Å². The van der Waals surface area contributed by atoms with Crippen molar-refractivity contribution in [2.75, 3.05) is 11.9 Å². The van der Waals surface area contributed by atoms with E-state index in [1.165, 1.54) is 4.68 Å². The smallest absolute Gasteiger partial charge is 0.272 e. The molecular weight excluding hydrogens is 363 g/mol. The molecule has 1 fully saturated rings. The van der Waals surface area contributed by atoms with Gasteiger partial charge < -0.3 is 10.2 Å². The van der Waals surface area contributed by atoms with Crippen LogP contribution in [0.5, 0.6) is 0 Å². The summed E-state index contributed by atoms with van der Waals surface area (Å²) in [6.07, 6.45) is 3.94. The van der Waals surface area contributed by atoms with Gasteiger partial charge in [0, 0.05) is 24.8 Å². The Balaban J connectivity index is 1.79. The van der Waals surface area contributed by atoms with Gasteiger partial charge in [-0.3, -0.25) is 14.3 Å². The summed E-state index contributed by atoms with van der Waals surface area (Å²) in [5.74, 6) is -0.443. The Labute approximate surface area is 155 Å². The molecule has 0 bridgehead atoms. The van der Waals surface area contributed by atoms with Crippen LogP contribution in [0.4, 0.5) is 5.69 Å². The highest BCUT2D eigenvalue weighted by molar-refractivity contribution is 6.36. The number of nitrogens with one attached hydrogen (secondary N) is 1. The topological polar surface area (TPSA) is 67.2 Å². The van der Waals surface area contributed by atoms with E-state index in [4.69, 9.17) is 23.2 Å². The molecular formula is C17H18Cl2N4O2. The first-order chi connectivity index (χ1) is 12.0. The number of hydrogen-bond donors (Lipinski definition) is 1. The van der Waals surface area contributed by atoms with Crippen molar-refractivity contribution in [1.29, 1.82) is 0 Å². The summed E-state index contributed by atoms with van der Waals surface area (Å²) in [5, 5.41) is 7.69. The van der Waals surface area contributed by atoms with Gasteiger partial charge in [-0.15, -0.1) is 0 Å². The molecule has 1 saturated heterocycles. The van der Waals surface area contributed by atoms with Gasteiger partial charge in [-0.25, -0.2) is 0 Å². The van der Waals surface area contributed by atoms with E-state index in [1.54, 1.807) is 42.4 Å². The number of piperidine rings is 1. The number of nitrogens with zero attached hydrogens (tertiary/aromatic N) is 3. The number of amides is 2. The molecule has 0 saturated carbocycles. The summed E-state index contributed by atoms with van der Waals surface area (Å²) in [7, 11) is 1.71. The molecule has 1 aromatic carbocycles. The lowest BCUT2D eigenvalue weighted by Gasteiger charge is -2.34. The number of rotatable bonds is 3. The molecule has 3 rings (SSSR count). The summed E-state index contributed by atoms with van der Waals surface area (Å²) in [6, 6.07) is 5.99. The highest BCUT2D eigenvalue weighted by atomic mass is 35.5. The van der Waals surface area contributed by atoms with Crippen LogP contribution in [-0.4, -0.2) is 39.1 Å². The van der Waals surface area contributed by atoms with Gasteiger partial charge in [0.15, 0.2) is 0 Å². The Bertz CT molecular complexity index is 806. The third kappa shape index (κ3) is 3.80. The van der Waals surface area contributed by atoms with Crippen molar-refractivity contribution in [2.24, 2.45) is 7.05 Å². The summed E-state index contributed by atoms with van der Waals surface area (Å²) in [6.45, 7) is 0.538.